The second-order valence-corrected chi connectivity index (χ2v) is 4.90. The van der Waals surface area contributed by atoms with Gasteiger partial charge in [-0.25, -0.2) is 0 Å². The van der Waals surface area contributed by atoms with Gasteiger partial charge in [-0.15, -0.1) is 0 Å². The van der Waals surface area contributed by atoms with Crippen LogP contribution >= 0.6 is 0 Å². The molecule has 0 spiro atoms. The standard InChI is InChI=1S/C16H16O/c1-15(13-9-5-3-6-10-13)16(2,17-15)14-11-7-4-8-12-14/h3-12H,1-2H3/t15-,16-/m1/s1. The summed E-state index contributed by atoms with van der Waals surface area (Å²) in [5, 5.41) is 0. The van der Waals surface area contributed by atoms with Crippen molar-refractivity contribution in [2.24, 2.45) is 0 Å². The van der Waals surface area contributed by atoms with Crippen LogP contribution in [0.25, 0.3) is 0 Å². The van der Waals surface area contributed by atoms with Crippen LogP contribution in [0.3, 0.4) is 0 Å². The van der Waals surface area contributed by atoms with Crippen LogP contribution in [-0.2, 0) is 15.9 Å². The van der Waals surface area contributed by atoms with E-state index < -0.39 is 0 Å². The molecule has 1 fully saturated rings. The Balaban J connectivity index is 2.00. The van der Waals surface area contributed by atoms with Crippen molar-refractivity contribution in [1.29, 1.82) is 0 Å². The van der Waals surface area contributed by atoms with Crippen molar-refractivity contribution >= 4 is 0 Å². The molecule has 1 heterocycles. The van der Waals surface area contributed by atoms with Crippen molar-refractivity contribution < 1.29 is 4.74 Å². The summed E-state index contributed by atoms with van der Waals surface area (Å²) in [5.41, 5.74) is 2.09. The fraction of sp³-hybridized carbons (Fsp3) is 0.250. The average molecular weight is 224 g/mol. The summed E-state index contributed by atoms with van der Waals surface area (Å²) in [6.45, 7) is 4.32. The Labute approximate surface area is 102 Å². The number of hydrogen-bond acceptors (Lipinski definition) is 1. The van der Waals surface area contributed by atoms with Crippen molar-refractivity contribution in [3.63, 3.8) is 0 Å². The van der Waals surface area contributed by atoms with Gasteiger partial charge in [-0.2, -0.15) is 0 Å². The third-order valence-electron chi connectivity index (χ3n) is 3.93. The fourth-order valence-corrected chi connectivity index (χ4v) is 2.56. The van der Waals surface area contributed by atoms with Crippen molar-refractivity contribution in [2.75, 3.05) is 0 Å². The molecule has 0 bridgehead atoms. The van der Waals surface area contributed by atoms with Crippen molar-refractivity contribution in [2.45, 2.75) is 25.0 Å². The topological polar surface area (TPSA) is 12.5 Å². The first-order valence-electron chi connectivity index (χ1n) is 5.98. The van der Waals surface area contributed by atoms with E-state index in [0.29, 0.717) is 0 Å². The van der Waals surface area contributed by atoms with Gasteiger partial charge in [0, 0.05) is 0 Å². The zero-order valence-corrected chi connectivity index (χ0v) is 10.2. The van der Waals surface area contributed by atoms with Gasteiger partial charge in [0.15, 0.2) is 0 Å². The summed E-state index contributed by atoms with van der Waals surface area (Å²) in [7, 11) is 0. The Morgan fingerprint density at radius 3 is 1.35 bits per heavy atom. The van der Waals surface area contributed by atoms with Gasteiger partial charge < -0.3 is 4.74 Å². The molecule has 0 unspecified atom stereocenters. The molecule has 0 saturated carbocycles. The molecule has 2 atom stereocenters. The second-order valence-electron chi connectivity index (χ2n) is 4.90. The third kappa shape index (κ3) is 1.43. The SMILES string of the molecule is C[C@]1(c2ccccc2)O[C@]1(C)c1ccccc1. The lowest BCUT2D eigenvalue weighted by molar-refractivity contribution is 0.280. The largest absolute Gasteiger partial charge is 0.353 e. The molecule has 1 aliphatic heterocycles. The first kappa shape index (κ1) is 10.5. The zero-order chi connectivity index (χ0) is 11.9. The quantitative estimate of drug-likeness (QED) is 0.706. The van der Waals surface area contributed by atoms with Crippen molar-refractivity contribution in [3.8, 4) is 0 Å². The molecule has 1 nitrogen and oxygen atoms in total. The number of benzene rings is 2. The Bertz CT molecular complexity index is 470. The lowest BCUT2D eigenvalue weighted by Gasteiger charge is -2.13. The maximum Gasteiger partial charge on any atom is 0.124 e. The summed E-state index contributed by atoms with van der Waals surface area (Å²) in [6.07, 6.45) is 0. The Morgan fingerprint density at radius 1 is 0.647 bits per heavy atom. The molecule has 0 radical (unpaired) electrons. The van der Waals surface area contributed by atoms with E-state index in [0.717, 1.165) is 0 Å². The predicted molar refractivity (Wildman–Crippen MR) is 68.7 cm³/mol. The van der Waals surface area contributed by atoms with Crippen LogP contribution in [0.4, 0.5) is 0 Å². The Morgan fingerprint density at radius 2 is 1.00 bits per heavy atom. The molecule has 0 aromatic heterocycles. The Kier molecular flexibility index (Phi) is 2.14. The molecule has 86 valence electrons. The van der Waals surface area contributed by atoms with Crippen molar-refractivity contribution in [1.82, 2.24) is 0 Å². The predicted octanol–water partition coefficient (Wildman–Crippen LogP) is 3.85. The molecule has 3 rings (SSSR count). The van der Waals surface area contributed by atoms with Crippen LogP contribution in [0, 0.1) is 0 Å². The highest BCUT2D eigenvalue weighted by Crippen LogP contribution is 2.61. The normalized spacial score (nSPS) is 31.2. The number of rotatable bonds is 2. The number of ether oxygens (including phenoxy) is 1. The summed E-state index contributed by atoms with van der Waals surface area (Å²) in [6, 6.07) is 20.9. The first-order valence-corrected chi connectivity index (χ1v) is 5.98. The van der Waals surface area contributed by atoms with Crippen LogP contribution in [-0.4, -0.2) is 0 Å². The highest BCUT2D eigenvalue weighted by atomic mass is 16.6. The van der Waals surface area contributed by atoms with Gasteiger partial charge in [-0.3, -0.25) is 0 Å². The van der Waals surface area contributed by atoms with Gasteiger partial charge in [-0.05, 0) is 25.0 Å². The molecule has 1 aliphatic rings. The van der Waals surface area contributed by atoms with E-state index in [4.69, 9.17) is 4.74 Å². The lowest BCUT2D eigenvalue weighted by atomic mass is 9.84. The van der Waals surface area contributed by atoms with E-state index in [2.05, 4.69) is 62.4 Å². The summed E-state index contributed by atoms with van der Waals surface area (Å²) in [5.74, 6) is 0. The van der Waals surface area contributed by atoms with Crippen LogP contribution in [0.2, 0.25) is 0 Å². The Hall–Kier alpha value is -1.60. The highest BCUT2D eigenvalue weighted by molar-refractivity contribution is 5.39. The minimum Gasteiger partial charge on any atom is -0.353 e. The van der Waals surface area contributed by atoms with Gasteiger partial charge >= 0.3 is 0 Å². The first-order chi connectivity index (χ1) is 8.17. The monoisotopic (exact) mass is 224 g/mol. The third-order valence-corrected chi connectivity index (χ3v) is 3.93. The molecule has 1 saturated heterocycles. The molecular formula is C16H16O. The highest BCUT2D eigenvalue weighted by Gasteiger charge is 2.65. The van der Waals surface area contributed by atoms with Crippen LogP contribution in [0.15, 0.2) is 60.7 Å². The molecular weight excluding hydrogens is 208 g/mol. The maximum absolute atomic E-state index is 6.06. The smallest absolute Gasteiger partial charge is 0.124 e. The second kappa shape index (κ2) is 3.44. The number of hydrogen-bond donors (Lipinski definition) is 0. The molecule has 0 aliphatic carbocycles. The van der Waals surface area contributed by atoms with E-state index in [-0.39, 0.29) is 11.2 Å². The summed E-state index contributed by atoms with van der Waals surface area (Å²) < 4.78 is 6.06. The van der Waals surface area contributed by atoms with E-state index in [1.54, 1.807) is 0 Å². The van der Waals surface area contributed by atoms with Gasteiger partial charge in [0.25, 0.3) is 0 Å². The van der Waals surface area contributed by atoms with Gasteiger partial charge in [0.2, 0.25) is 0 Å². The van der Waals surface area contributed by atoms with Crippen LogP contribution in [0.1, 0.15) is 25.0 Å². The van der Waals surface area contributed by atoms with E-state index >= 15 is 0 Å². The lowest BCUT2D eigenvalue weighted by Crippen LogP contribution is -2.15. The zero-order valence-electron chi connectivity index (χ0n) is 10.2. The number of epoxide rings is 1. The van der Waals surface area contributed by atoms with Gasteiger partial charge in [0.1, 0.15) is 11.2 Å². The minimum atomic E-state index is -0.199. The molecule has 1 heteroatoms. The molecule has 0 amide bonds. The van der Waals surface area contributed by atoms with E-state index in [1.807, 2.05) is 12.1 Å². The molecule has 0 N–H and O–H groups in total. The van der Waals surface area contributed by atoms with E-state index in [9.17, 15) is 0 Å². The average Bonchev–Trinajstić information content (AvgIpc) is 2.97. The summed E-state index contributed by atoms with van der Waals surface area (Å²) >= 11 is 0. The van der Waals surface area contributed by atoms with Crippen molar-refractivity contribution in [3.05, 3.63) is 71.8 Å². The minimum absolute atomic E-state index is 0.199. The molecule has 2 aromatic carbocycles. The van der Waals surface area contributed by atoms with Gasteiger partial charge in [0.05, 0.1) is 0 Å². The summed E-state index contributed by atoms with van der Waals surface area (Å²) in [4.78, 5) is 0. The molecule has 2 aromatic rings. The van der Waals surface area contributed by atoms with Crippen LogP contribution < -0.4 is 0 Å². The van der Waals surface area contributed by atoms with Crippen LogP contribution in [0.5, 0.6) is 0 Å². The molecule has 17 heavy (non-hydrogen) atoms. The van der Waals surface area contributed by atoms with E-state index in [1.165, 1.54) is 11.1 Å². The van der Waals surface area contributed by atoms with Gasteiger partial charge in [-0.1, -0.05) is 60.7 Å². The fourth-order valence-electron chi connectivity index (χ4n) is 2.56. The maximum atomic E-state index is 6.06.